The van der Waals surface area contributed by atoms with Gasteiger partial charge >= 0.3 is 0 Å². The standard InChI is InChI=1S/C21H19ClFN3O4S2/c1-29-13-6-4-11(16(9-13)30-2)10-24-19(28)17-20(32-21(25-17)31-3)26-18(27)14-8-12(22)5-7-15(14)23/h4-9H,10H2,1-3H3,(H,24,28)(H,26,27). The van der Waals surface area contributed by atoms with Crippen molar-refractivity contribution in [3.8, 4) is 11.5 Å². The summed E-state index contributed by atoms with van der Waals surface area (Å²) in [6.45, 7) is 0.161. The van der Waals surface area contributed by atoms with Gasteiger partial charge in [0.15, 0.2) is 10.0 Å². The summed E-state index contributed by atoms with van der Waals surface area (Å²) in [6.07, 6.45) is 1.80. The van der Waals surface area contributed by atoms with Gasteiger partial charge in [-0.05, 0) is 36.6 Å². The van der Waals surface area contributed by atoms with Gasteiger partial charge in [-0.25, -0.2) is 9.37 Å². The third-order valence-corrected chi connectivity index (χ3v) is 6.52. The average Bonchev–Trinajstić information content (AvgIpc) is 3.21. The summed E-state index contributed by atoms with van der Waals surface area (Å²) in [5.41, 5.74) is 0.530. The van der Waals surface area contributed by atoms with Gasteiger partial charge in [0.25, 0.3) is 11.8 Å². The van der Waals surface area contributed by atoms with Gasteiger partial charge in [0.05, 0.1) is 19.8 Å². The number of ether oxygens (including phenoxy) is 2. The Morgan fingerprint density at radius 2 is 1.94 bits per heavy atom. The molecule has 0 saturated heterocycles. The number of aromatic nitrogens is 1. The molecule has 1 heterocycles. The number of carbonyl (C=O) groups excluding carboxylic acids is 2. The molecule has 0 aliphatic carbocycles. The maximum absolute atomic E-state index is 14.1. The minimum absolute atomic E-state index is 0.0302. The van der Waals surface area contributed by atoms with Crippen LogP contribution in [0.2, 0.25) is 5.02 Å². The van der Waals surface area contributed by atoms with Crippen molar-refractivity contribution in [3.05, 3.63) is 64.1 Å². The lowest BCUT2D eigenvalue weighted by atomic mass is 10.2. The maximum atomic E-state index is 14.1. The highest BCUT2D eigenvalue weighted by Gasteiger charge is 2.22. The predicted molar refractivity (Wildman–Crippen MR) is 124 cm³/mol. The molecule has 3 rings (SSSR count). The first kappa shape index (κ1) is 23.8. The number of nitrogens with one attached hydrogen (secondary N) is 2. The second kappa shape index (κ2) is 10.7. The summed E-state index contributed by atoms with van der Waals surface area (Å²) in [5.74, 6) is -0.774. The van der Waals surface area contributed by atoms with Crippen molar-refractivity contribution in [2.24, 2.45) is 0 Å². The molecule has 2 amide bonds. The summed E-state index contributed by atoms with van der Waals surface area (Å²) in [6, 6.07) is 8.91. The molecular weight excluding hydrogens is 477 g/mol. The molecule has 0 unspecified atom stereocenters. The molecule has 168 valence electrons. The van der Waals surface area contributed by atoms with Crippen LogP contribution in [0.5, 0.6) is 11.5 Å². The first-order valence-corrected chi connectivity index (χ1v) is 11.6. The van der Waals surface area contributed by atoms with E-state index in [4.69, 9.17) is 21.1 Å². The number of nitrogens with zero attached hydrogens (tertiary/aromatic N) is 1. The van der Waals surface area contributed by atoms with E-state index < -0.39 is 17.6 Å². The monoisotopic (exact) mass is 495 g/mol. The van der Waals surface area contributed by atoms with Crippen LogP contribution in [0.1, 0.15) is 26.4 Å². The minimum atomic E-state index is -0.729. The van der Waals surface area contributed by atoms with Crippen LogP contribution < -0.4 is 20.1 Å². The van der Waals surface area contributed by atoms with Crippen LogP contribution in [0.25, 0.3) is 0 Å². The number of benzene rings is 2. The fourth-order valence-electron chi connectivity index (χ4n) is 2.73. The molecule has 0 atom stereocenters. The van der Waals surface area contributed by atoms with E-state index in [-0.39, 0.29) is 27.8 Å². The second-order valence-electron chi connectivity index (χ2n) is 6.30. The van der Waals surface area contributed by atoms with Crippen molar-refractivity contribution in [2.75, 3.05) is 25.8 Å². The number of thiazole rings is 1. The summed E-state index contributed by atoms with van der Waals surface area (Å²) in [7, 11) is 3.07. The SMILES string of the molecule is COc1ccc(CNC(=O)c2nc(SC)sc2NC(=O)c2cc(Cl)ccc2F)c(OC)c1. The van der Waals surface area contributed by atoms with Gasteiger partial charge in [0.1, 0.15) is 22.3 Å². The van der Waals surface area contributed by atoms with E-state index in [1.165, 1.54) is 31.0 Å². The quantitative estimate of drug-likeness (QED) is 0.434. The molecule has 2 N–H and O–H groups in total. The first-order valence-electron chi connectivity index (χ1n) is 9.16. The Bertz CT molecular complexity index is 1160. The van der Waals surface area contributed by atoms with Gasteiger partial charge in [-0.2, -0.15) is 0 Å². The number of hydrogen-bond acceptors (Lipinski definition) is 7. The van der Waals surface area contributed by atoms with Gasteiger partial charge in [0.2, 0.25) is 0 Å². The molecule has 0 aliphatic rings. The first-order chi connectivity index (χ1) is 15.4. The lowest BCUT2D eigenvalue weighted by Crippen LogP contribution is -2.25. The third kappa shape index (κ3) is 5.50. The number of carbonyl (C=O) groups is 2. The predicted octanol–water partition coefficient (Wildman–Crippen LogP) is 4.86. The van der Waals surface area contributed by atoms with E-state index in [1.54, 1.807) is 31.6 Å². The number of anilines is 1. The average molecular weight is 496 g/mol. The Morgan fingerprint density at radius 3 is 2.62 bits per heavy atom. The molecule has 0 aliphatic heterocycles. The molecule has 0 spiro atoms. The van der Waals surface area contributed by atoms with Crippen LogP contribution in [-0.2, 0) is 6.54 Å². The van der Waals surface area contributed by atoms with E-state index in [0.717, 1.165) is 23.0 Å². The summed E-state index contributed by atoms with van der Waals surface area (Å²) >= 11 is 8.31. The van der Waals surface area contributed by atoms with E-state index >= 15 is 0 Å². The van der Waals surface area contributed by atoms with Gasteiger partial charge < -0.3 is 20.1 Å². The second-order valence-corrected chi connectivity index (χ2v) is 8.79. The Morgan fingerprint density at radius 1 is 1.16 bits per heavy atom. The van der Waals surface area contributed by atoms with E-state index in [0.29, 0.717) is 15.8 Å². The Balaban J connectivity index is 1.79. The summed E-state index contributed by atoms with van der Waals surface area (Å²) < 4.78 is 25.1. The highest BCUT2D eigenvalue weighted by molar-refractivity contribution is 8.00. The zero-order valence-electron chi connectivity index (χ0n) is 17.3. The maximum Gasteiger partial charge on any atom is 0.273 e. The number of methoxy groups -OCH3 is 2. The van der Waals surface area contributed by atoms with Crippen molar-refractivity contribution < 1.29 is 23.5 Å². The lowest BCUT2D eigenvalue weighted by Gasteiger charge is -2.11. The normalized spacial score (nSPS) is 10.5. The van der Waals surface area contributed by atoms with Crippen molar-refractivity contribution in [1.82, 2.24) is 10.3 Å². The fourth-order valence-corrected chi connectivity index (χ4v) is 4.35. The van der Waals surface area contributed by atoms with Crippen molar-refractivity contribution >= 4 is 51.5 Å². The van der Waals surface area contributed by atoms with Crippen molar-refractivity contribution in [2.45, 2.75) is 10.9 Å². The number of rotatable bonds is 8. The van der Waals surface area contributed by atoms with Crippen molar-refractivity contribution in [1.29, 1.82) is 0 Å². The van der Waals surface area contributed by atoms with Crippen molar-refractivity contribution in [3.63, 3.8) is 0 Å². The molecule has 3 aromatic rings. The van der Waals surface area contributed by atoms with Gasteiger partial charge in [-0.1, -0.05) is 34.7 Å². The largest absolute Gasteiger partial charge is 0.497 e. The van der Waals surface area contributed by atoms with Crippen LogP contribution in [0.3, 0.4) is 0 Å². The van der Waals surface area contributed by atoms with Gasteiger partial charge in [-0.3, -0.25) is 9.59 Å². The number of amides is 2. The highest BCUT2D eigenvalue weighted by atomic mass is 35.5. The molecule has 0 bridgehead atoms. The number of halogens is 2. The molecule has 0 radical (unpaired) electrons. The van der Waals surface area contributed by atoms with E-state index in [2.05, 4.69) is 15.6 Å². The highest BCUT2D eigenvalue weighted by Crippen LogP contribution is 2.31. The molecular formula is C21H19ClFN3O4S2. The minimum Gasteiger partial charge on any atom is -0.497 e. The zero-order chi connectivity index (χ0) is 23.3. The summed E-state index contributed by atoms with van der Waals surface area (Å²) in [4.78, 5) is 29.7. The van der Waals surface area contributed by atoms with Gasteiger partial charge in [-0.15, -0.1) is 0 Å². The molecule has 7 nitrogen and oxygen atoms in total. The number of hydrogen-bond donors (Lipinski definition) is 2. The Hall–Kier alpha value is -2.82. The molecule has 0 saturated carbocycles. The Kier molecular flexibility index (Phi) is 7.94. The summed E-state index contributed by atoms with van der Waals surface area (Å²) in [5, 5.41) is 5.76. The lowest BCUT2D eigenvalue weighted by molar-refractivity contribution is 0.0947. The smallest absolute Gasteiger partial charge is 0.273 e. The Labute approximate surface area is 197 Å². The van der Waals surface area contributed by atoms with Crippen LogP contribution in [0, 0.1) is 5.82 Å². The van der Waals surface area contributed by atoms with Crippen LogP contribution >= 0.6 is 34.7 Å². The van der Waals surface area contributed by atoms with Crippen LogP contribution in [0.15, 0.2) is 40.7 Å². The zero-order valence-corrected chi connectivity index (χ0v) is 19.7. The topological polar surface area (TPSA) is 89.5 Å². The van der Waals surface area contributed by atoms with E-state index in [9.17, 15) is 14.0 Å². The molecule has 0 fully saturated rings. The molecule has 32 heavy (non-hydrogen) atoms. The van der Waals surface area contributed by atoms with E-state index in [1.807, 2.05) is 0 Å². The molecule has 1 aromatic heterocycles. The van der Waals surface area contributed by atoms with Gasteiger partial charge in [0, 0.05) is 23.2 Å². The fraction of sp³-hybridized carbons (Fsp3) is 0.190. The molecule has 2 aromatic carbocycles. The number of thioether (sulfide) groups is 1. The third-order valence-electron chi connectivity index (χ3n) is 4.33. The molecule has 11 heteroatoms. The van der Waals surface area contributed by atoms with Crippen LogP contribution in [0.4, 0.5) is 9.39 Å². The van der Waals surface area contributed by atoms with Crippen LogP contribution in [-0.4, -0.2) is 37.3 Å².